The van der Waals surface area contributed by atoms with Gasteiger partial charge in [-0.15, -0.1) is 0 Å². The predicted octanol–water partition coefficient (Wildman–Crippen LogP) is 5.96. The van der Waals surface area contributed by atoms with Crippen LogP contribution in [0.4, 0.5) is 4.39 Å². The molecule has 0 aliphatic heterocycles. The number of carbonyl (C=O) groups excluding carboxylic acids is 1. The summed E-state index contributed by atoms with van der Waals surface area (Å²) in [7, 11) is 0. The van der Waals surface area contributed by atoms with Crippen molar-refractivity contribution in [3.63, 3.8) is 0 Å². The first-order valence-corrected chi connectivity index (χ1v) is 9.60. The molecule has 144 valence electrons. The summed E-state index contributed by atoms with van der Waals surface area (Å²) >= 11 is 12.6. The molecule has 0 aliphatic rings. The Morgan fingerprint density at radius 2 is 1.52 bits per heavy atom. The minimum absolute atomic E-state index is 0.307. The smallest absolute Gasteiger partial charge is 0.231 e. The molecule has 6 heteroatoms. The van der Waals surface area contributed by atoms with Crippen molar-refractivity contribution < 1.29 is 9.18 Å². The number of aromatic nitrogens is 1. The van der Waals surface area contributed by atoms with Crippen molar-refractivity contribution >= 4 is 39.9 Å². The number of halogens is 3. The van der Waals surface area contributed by atoms with Crippen LogP contribution >= 0.6 is 23.2 Å². The zero-order chi connectivity index (χ0) is 20.5. The number of hydrogen-bond donors (Lipinski definition) is 1. The van der Waals surface area contributed by atoms with Gasteiger partial charge in [0.05, 0.1) is 11.4 Å². The van der Waals surface area contributed by atoms with Crippen LogP contribution in [-0.2, 0) is 4.79 Å². The first-order chi connectivity index (χ1) is 14.0. The van der Waals surface area contributed by atoms with Gasteiger partial charge in [-0.25, -0.2) is 4.39 Å². The number of amides is 1. The maximum atomic E-state index is 14.2. The zero-order valence-electron chi connectivity index (χ0n) is 15.1. The SMILES string of the molecule is NC(=O)C(c1cccc(-c2ccc(F)c3ccccc23)n1)c1c(Cl)cccc1Cl. The van der Waals surface area contributed by atoms with Crippen molar-refractivity contribution in [2.24, 2.45) is 5.73 Å². The van der Waals surface area contributed by atoms with E-state index in [-0.39, 0.29) is 5.82 Å². The minimum Gasteiger partial charge on any atom is -0.369 e. The van der Waals surface area contributed by atoms with E-state index in [2.05, 4.69) is 4.98 Å². The Morgan fingerprint density at radius 1 is 0.862 bits per heavy atom. The third-order valence-electron chi connectivity index (χ3n) is 4.79. The molecule has 1 amide bonds. The Bertz CT molecular complexity index is 1220. The van der Waals surface area contributed by atoms with Gasteiger partial charge in [-0.3, -0.25) is 9.78 Å². The van der Waals surface area contributed by atoms with Gasteiger partial charge in [0.1, 0.15) is 11.7 Å². The molecule has 0 saturated carbocycles. The van der Waals surface area contributed by atoms with Crippen LogP contribution in [0.15, 0.2) is 72.8 Å². The highest BCUT2D eigenvalue weighted by atomic mass is 35.5. The Morgan fingerprint density at radius 3 is 2.21 bits per heavy atom. The fourth-order valence-corrected chi connectivity index (χ4v) is 4.09. The topological polar surface area (TPSA) is 56.0 Å². The zero-order valence-corrected chi connectivity index (χ0v) is 16.6. The van der Waals surface area contributed by atoms with Crippen molar-refractivity contribution in [2.45, 2.75) is 5.92 Å². The lowest BCUT2D eigenvalue weighted by Crippen LogP contribution is -2.24. The summed E-state index contributed by atoms with van der Waals surface area (Å²) in [5.74, 6) is -1.84. The second-order valence-electron chi connectivity index (χ2n) is 6.56. The fourth-order valence-electron chi connectivity index (χ4n) is 3.47. The van der Waals surface area contributed by atoms with E-state index >= 15 is 0 Å². The fraction of sp³-hybridized carbons (Fsp3) is 0.0435. The van der Waals surface area contributed by atoms with Crippen LogP contribution in [0, 0.1) is 5.82 Å². The molecule has 2 N–H and O–H groups in total. The third-order valence-corrected chi connectivity index (χ3v) is 5.45. The predicted molar refractivity (Wildman–Crippen MR) is 115 cm³/mol. The average Bonchev–Trinajstić information content (AvgIpc) is 2.71. The van der Waals surface area contributed by atoms with Gasteiger partial charge in [0.25, 0.3) is 0 Å². The number of nitrogens with two attached hydrogens (primary N) is 1. The molecule has 3 nitrogen and oxygen atoms in total. The van der Waals surface area contributed by atoms with Crippen LogP contribution in [-0.4, -0.2) is 10.9 Å². The van der Waals surface area contributed by atoms with E-state index in [1.165, 1.54) is 6.07 Å². The Hall–Kier alpha value is -2.95. The van der Waals surface area contributed by atoms with Crippen LogP contribution in [0.3, 0.4) is 0 Å². The molecule has 1 unspecified atom stereocenters. The summed E-state index contributed by atoms with van der Waals surface area (Å²) < 4.78 is 14.2. The highest BCUT2D eigenvalue weighted by molar-refractivity contribution is 6.36. The molecule has 1 heterocycles. The van der Waals surface area contributed by atoms with Crippen LogP contribution in [0.2, 0.25) is 10.0 Å². The Balaban J connectivity index is 1.90. The number of rotatable bonds is 4. The number of carbonyl (C=O) groups is 1. The summed E-state index contributed by atoms with van der Waals surface area (Å²) in [4.78, 5) is 17.0. The summed E-state index contributed by atoms with van der Waals surface area (Å²) in [6.07, 6.45) is 0. The number of nitrogens with zero attached hydrogens (tertiary/aromatic N) is 1. The van der Waals surface area contributed by atoms with Crippen LogP contribution in [0.5, 0.6) is 0 Å². The average molecular weight is 425 g/mol. The van der Waals surface area contributed by atoms with E-state index in [0.29, 0.717) is 32.4 Å². The molecular formula is C23H15Cl2FN2O. The molecular weight excluding hydrogens is 410 g/mol. The van der Waals surface area contributed by atoms with Gasteiger partial charge >= 0.3 is 0 Å². The van der Waals surface area contributed by atoms with Gasteiger partial charge in [0.15, 0.2) is 0 Å². The lowest BCUT2D eigenvalue weighted by Gasteiger charge is -2.17. The molecule has 1 aromatic heterocycles. The highest BCUT2D eigenvalue weighted by Gasteiger charge is 2.27. The van der Waals surface area contributed by atoms with Crippen molar-refractivity contribution in [2.75, 3.05) is 0 Å². The number of pyridine rings is 1. The standard InChI is InChI=1S/C23H15Cl2FN2O/c24-16-7-3-8-17(25)21(16)22(23(27)29)20-10-4-9-19(28-20)15-11-12-18(26)14-6-2-1-5-13(14)15/h1-12,22H,(H2,27,29). The minimum atomic E-state index is -0.914. The molecule has 4 rings (SSSR count). The van der Waals surface area contributed by atoms with Crippen molar-refractivity contribution in [3.05, 3.63) is 99.9 Å². The van der Waals surface area contributed by atoms with Crippen LogP contribution < -0.4 is 5.73 Å². The lowest BCUT2D eigenvalue weighted by molar-refractivity contribution is -0.118. The summed E-state index contributed by atoms with van der Waals surface area (Å²) in [5, 5.41) is 1.89. The molecule has 1 atom stereocenters. The maximum absolute atomic E-state index is 14.2. The molecule has 0 radical (unpaired) electrons. The van der Waals surface area contributed by atoms with E-state index in [1.807, 2.05) is 12.1 Å². The summed E-state index contributed by atoms with van der Waals surface area (Å²) in [6.45, 7) is 0. The molecule has 29 heavy (non-hydrogen) atoms. The van der Waals surface area contributed by atoms with Crippen molar-refractivity contribution in [1.82, 2.24) is 4.98 Å². The lowest BCUT2D eigenvalue weighted by atomic mass is 9.93. The number of fused-ring (bicyclic) bond motifs is 1. The summed E-state index contributed by atoms with van der Waals surface area (Å²) in [5.41, 5.74) is 7.86. The Kier molecular flexibility index (Phi) is 5.22. The van der Waals surface area contributed by atoms with E-state index < -0.39 is 11.8 Å². The first kappa shape index (κ1) is 19.4. The van der Waals surface area contributed by atoms with E-state index in [4.69, 9.17) is 28.9 Å². The molecule has 0 spiro atoms. The second kappa shape index (κ2) is 7.82. The van der Waals surface area contributed by atoms with E-state index in [1.54, 1.807) is 54.6 Å². The second-order valence-corrected chi connectivity index (χ2v) is 7.37. The van der Waals surface area contributed by atoms with Crippen molar-refractivity contribution in [3.8, 4) is 11.3 Å². The number of benzene rings is 3. The van der Waals surface area contributed by atoms with Gasteiger partial charge in [-0.05, 0) is 41.8 Å². The normalized spacial score (nSPS) is 12.1. The quantitative estimate of drug-likeness (QED) is 0.438. The summed E-state index contributed by atoms with van der Waals surface area (Å²) in [6, 6.07) is 20.5. The van der Waals surface area contributed by atoms with E-state index in [9.17, 15) is 9.18 Å². The van der Waals surface area contributed by atoms with Gasteiger partial charge in [0, 0.05) is 26.6 Å². The molecule has 0 bridgehead atoms. The van der Waals surface area contributed by atoms with Gasteiger partial charge in [-0.1, -0.05) is 59.6 Å². The molecule has 0 fully saturated rings. The number of primary amides is 1. The van der Waals surface area contributed by atoms with Crippen LogP contribution in [0.25, 0.3) is 22.0 Å². The van der Waals surface area contributed by atoms with Gasteiger partial charge in [0.2, 0.25) is 5.91 Å². The molecule has 4 aromatic rings. The third kappa shape index (κ3) is 3.57. The maximum Gasteiger partial charge on any atom is 0.231 e. The van der Waals surface area contributed by atoms with Gasteiger partial charge < -0.3 is 5.73 Å². The largest absolute Gasteiger partial charge is 0.369 e. The molecule has 3 aromatic carbocycles. The Labute approximate surface area is 176 Å². The monoisotopic (exact) mass is 424 g/mol. The first-order valence-electron chi connectivity index (χ1n) is 8.85. The van der Waals surface area contributed by atoms with Crippen molar-refractivity contribution in [1.29, 1.82) is 0 Å². The number of hydrogen-bond acceptors (Lipinski definition) is 2. The van der Waals surface area contributed by atoms with Crippen LogP contribution in [0.1, 0.15) is 17.2 Å². The highest BCUT2D eigenvalue weighted by Crippen LogP contribution is 2.36. The molecule has 0 saturated heterocycles. The molecule has 0 aliphatic carbocycles. The van der Waals surface area contributed by atoms with Gasteiger partial charge in [-0.2, -0.15) is 0 Å². The van der Waals surface area contributed by atoms with E-state index in [0.717, 1.165) is 10.9 Å².